The van der Waals surface area contributed by atoms with Crippen molar-refractivity contribution in [2.24, 2.45) is 0 Å². The number of nitrogens with one attached hydrogen (secondary N) is 1. The molecule has 0 saturated carbocycles. The molecular weight excluding hydrogens is 262 g/mol. The second kappa shape index (κ2) is 7.10. The van der Waals surface area contributed by atoms with E-state index in [1.165, 1.54) is 23.8 Å². The van der Waals surface area contributed by atoms with Gasteiger partial charge in [0.1, 0.15) is 5.58 Å². The highest BCUT2D eigenvalue weighted by molar-refractivity contribution is 5.81. The van der Waals surface area contributed by atoms with Crippen molar-refractivity contribution in [1.29, 1.82) is 0 Å². The highest BCUT2D eigenvalue weighted by Gasteiger charge is 2.21. The van der Waals surface area contributed by atoms with Gasteiger partial charge in [0.15, 0.2) is 0 Å². The maximum Gasteiger partial charge on any atom is 0.134 e. The quantitative estimate of drug-likeness (QED) is 0.818. The number of hydrogen-bond acceptors (Lipinski definition) is 3. The average Bonchev–Trinajstić information content (AvgIpc) is 3.17. The lowest BCUT2D eigenvalue weighted by molar-refractivity contribution is 0.0996. The summed E-state index contributed by atoms with van der Waals surface area (Å²) in [5.74, 6) is 0. The molecule has 2 unspecified atom stereocenters. The zero-order valence-corrected chi connectivity index (χ0v) is 12.8. The van der Waals surface area contributed by atoms with Crippen LogP contribution in [0.5, 0.6) is 0 Å². The molecule has 1 fully saturated rings. The van der Waals surface area contributed by atoms with E-state index in [1.54, 1.807) is 0 Å². The zero-order valence-electron chi connectivity index (χ0n) is 12.8. The summed E-state index contributed by atoms with van der Waals surface area (Å²) in [6.45, 7) is 4.18. The van der Waals surface area contributed by atoms with E-state index in [4.69, 9.17) is 9.15 Å². The largest absolute Gasteiger partial charge is 0.464 e. The van der Waals surface area contributed by atoms with Crippen LogP contribution in [0.15, 0.2) is 34.9 Å². The van der Waals surface area contributed by atoms with Crippen molar-refractivity contribution < 1.29 is 9.15 Å². The van der Waals surface area contributed by atoms with Crippen molar-refractivity contribution in [3.63, 3.8) is 0 Å². The fourth-order valence-electron chi connectivity index (χ4n) is 3.18. The van der Waals surface area contributed by atoms with Crippen LogP contribution in [0, 0.1) is 0 Å². The van der Waals surface area contributed by atoms with Gasteiger partial charge < -0.3 is 14.5 Å². The van der Waals surface area contributed by atoms with Gasteiger partial charge in [-0.05, 0) is 44.7 Å². The number of fused-ring (bicyclic) bond motifs is 1. The van der Waals surface area contributed by atoms with Crippen molar-refractivity contribution in [2.75, 3.05) is 13.2 Å². The van der Waals surface area contributed by atoms with Crippen molar-refractivity contribution in [3.05, 3.63) is 36.1 Å². The number of ether oxygens (including phenoxy) is 1. The zero-order chi connectivity index (χ0) is 14.5. The minimum Gasteiger partial charge on any atom is -0.464 e. The molecule has 1 N–H and O–H groups in total. The molecular formula is C18H25NO2. The van der Waals surface area contributed by atoms with Gasteiger partial charge in [0.05, 0.1) is 12.4 Å². The fourth-order valence-corrected chi connectivity index (χ4v) is 3.18. The smallest absolute Gasteiger partial charge is 0.134 e. The Balaban J connectivity index is 1.74. The van der Waals surface area contributed by atoms with E-state index in [-0.39, 0.29) is 0 Å². The third-order valence-corrected chi connectivity index (χ3v) is 4.33. The van der Waals surface area contributed by atoms with Crippen LogP contribution in [-0.4, -0.2) is 19.3 Å². The molecule has 1 aromatic heterocycles. The minimum atomic E-state index is 0.359. The van der Waals surface area contributed by atoms with Crippen LogP contribution < -0.4 is 5.32 Å². The molecule has 1 aromatic carbocycles. The third-order valence-electron chi connectivity index (χ3n) is 4.33. The van der Waals surface area contributed by atoms with E-state index >= 15 is 0 Å². The van der Waals surface area contributed by atoms with E-state index < -0.39 is 0 Å². The Labute approximate surface area is 126 Å². The van der Waals surface area contributed by atoms with Gasteiger partial charge in [-0.1, -0.05) is 25.1 Å². The lowest BCUT2D eigenvalue weighted by atomic mass is 9.98. The molecule has 1 aliphatic heterocycles. The van der Waals surface area contributed by atoms with E-state index in [0.29, 0.717) is 12.1 Å². The van der Waals surface area contributed by atoms with Gasteiger partial charge in [-0.25, -0.2) is 0 Å². The minimum absolute atomic E-state index is 0.359. The topological polar surface area (TPSA) is 34.4 Å². The standard InChI is InChI=1S/C18H25NO2/c1-2-11-19-17(10-9-14-6-5-12-20-14)16-13-21-18-8-4-3-7-15(16)18/h3-4,7-8,13-14,17,19H,2,5-6,9-12H2,1H3. The summed E-state index contributed by atoms with van der Waals surface area (Å²) < 4.78 is 11.5. The first kappa shape index (κ1) is 14.6. The second-order valence-electron chi connectivity index (χ2n) is 5.91. The fraction of sp³-hybridized carbons (Fsp3) is 0.556. The van der Waals surface area contributed by atoms with Gasteiger partial charge in [0.25, 0.3) is 0 Å². The van der Waals surface area contributed by atoms with E-state index in [1.807, 2.05) is 18.4 Å². The first-order valence-electron chi connectivity index (χ1n) is 8.19. The number of rotatable bonds is 7. The summed E-state index contributed by atoms with van der Waals surface area (Å²) in [5, 5.41) is 4.91. The summed E-state index contributed by atoms with van der Waals surface area (Å²) in [6, 6.07) is 8.66. The molecule has 1 saturated heterocycles. The van der Waals surface area contributed by atoms with Crippen LogP contribution in [0.2, 0.25) is 0 Å². The lowest BCUT2D eigenvalue weighted by Gasteiger charge is -2.19. The Morgan fingerprint density at radius 1 is 1.33 bits per heavy atom. The molecule has 114 valence electrons. The molecule has 1 aliphatic rings. The monoisotopic (exact) mass is 287 g/mol. The van der Waals surface area contributed by atoms with E-state index in [0.717, 1.165) is 38.0 Å². The second-order valence-corrected chi connectivity index (χ2v) is 5.91. The average molecular weight is 287 g/mol. The molecule has 0 radical (unpaired) electrons. The summed E-state index contributed by atoms with van der Waals surface area (Å²) in [4.78, 5) is 0. The number of para-hydroxylation sites is 1. The Morgan fingerprint density at radius 2 is 2.24 bits per heavy atom. The number of furan rings is 1. The van der Waals surface area contributed by atoms with Gasteiger partial charge in [0, 0.05) is 23.6 Å². The van der Waals surface area contributed by atoms with Crippen LogP contribution in [-0.2, 0) is 4.74 Å². The van der Waals surface area contributed by atoms with Crippen molar-refractivity contribution in [2.45, 2.75) is 51.2 Å². The lowest BCUT2D eigenvalue weighted by Crippen LogP contribution is -2.23. The Hall–Kier alpha value is -1.32. The van der Waals surface area contributed by atoms with E-state index in [9.17, 15) is 0 Å². The molecule has 2 heterocycles. The van der Waals surface area contributed by atoms with Gasteiger partial charge in [0.2, 0.25) is 0 Å². The number of benzene rings is 1. The number of hydrogen-bond donors (Lipinski definition) is 1. The molecule has 2 atom stereocenters. The highest BCUT2D eigenvalue weighted by atomic mass is 16.5. The SMILES string of the molecule is CCCNC(CCC1CCCO1)c1coc2ccccc12. The van der Waals surface area contributed by atoms with Crippen molar-refractivity contribution in [1.82, 2.24) is 5.32 Å². The van der Waals surface area contributed by atoms with E-state index in [2.05, 4.69) is 24.4 Å². The molecule has 3 rings (SSSR count). The Kier molecular flexibility index (Phi) is 4.94. The predicted molar refractivity (Wildman–Crippen MR) is 85.5 cm³/mol. The molecule has 3 nitrogen and oxygen atoms in total. The summed E-state index contributed by atoms with van der Waals surface area (Å²) in [7, 11) is 0. The molecule has 21 heavy (non-hydrogen) atoms. The molecule has 0 spiro atoms. The first-order valence-corrected chi connectivity index (χ1v) is 8.19. The highest BCUT2D eigenvalue weighted by Crippen LogP contribution is 2.30. The third kappa shape index (κ3) is 3.47. The van der Waals surface area contributed by atoms with Crippen molar-refractivity contribution >= 4 is 11.0 Å². The Morgan fingerprint density at radius 3 is 3.05 bits per heavy atom. The van der Waals surface area contributed by atoms with Crippen LogP contribution >= 0.6 is 0 Å². The van der Waals surface area contributed by atoms with Crippen LogP contribution in [0.3, 0.4) is 0 Å². The summed E-state index contributed by atoms with van der Waals surface area (Å²) in [5.41, 5.74) is 2.27. The molecule has 0 amide bonds. The van der Waals surface area contributed by atoms with Gasteiger partial charge in [-0.2, -0.15) is 0 Å². The van der Waals surface area contributed by atoms with Gasteiger partial charge >= 0.3 is 0 Å². The van der Waals surface area contributed by atoms with Crippen LogP contribution in [0.4, 0.5) is 0 Å². The summed E-state index contributed by atoms with van der Waals surface area (Å²) >= 11 is 0. The van der Waals surface area contributed by atoms with Gasteiger partial charge in [-0.15, -0.1) is 0 Å². The predicted octanol–water partition coefficient (Wildman–Crippen LogP) is 4.43. The van der Waals surface area contributed by atoms with Crippen molar-refractivity contribution in [3.8, 4) is 0 Å². The molecule has 2 aromatic rings. The van der Waals surface area contributed by atoms with Gasteiger partial charge in [-0.3, -0.25) is 0 Å². The molecule has 0 aliphatic carbocycles. The Bertz CT molecular complexity index is 557. The first-order chi connectivity index (χ1) is 10.4. The molecule has 3 heteroatoms. The molecule has 0 bridgehead atoms. The van der Waals surface area contributed by atoms with Crippen LogP contribution in [0.25, 0.3) is 11.0 Å². The maximum atomic E-state index is 5.76. The summed E-state index contributed by atoms with van der Waals surface area (Å²) in [6.07, 6.45) is 8.18. The van der Waals surface area contributed by atoms with Crippen LogP contribution in [0.1, 0.15) is 50.6 Å². The maximum absolute atomic E-state index is 5.76. The normalized spacial score (nSPS) is 20.1.